The first-order valence-electron chi connectivity index (χ1n) is 5.69. The summed E-state index contributed by atoms with van der Waals surface area (Å²) >= 11 is 0. The molecule has 0 spiro atoms. The van der Waals surface area contributed by atoms with Gasteiger partial charge in [-0.05, 0) is 32.4 Å². The number of nitrogens with two attached hydrogens (primary N) is 1. The Morgan fingerprint density at radius 1 is 1.50 bits per heavy atom. The number of hydrogen-bond donors (Lipinski definition) is 1. The second-order valence-electron chi connectivity index (χ2n) is 4.06. The lowest BCUT2D eigenvalue weighted by Gasteiger charge is -2.25. The van der Waals surface area contributed by atoms with E-state index in [1.807, 2.05) is 13.8 Å². The lowest BCUT2D eigenvalue weighted by molar-refractivity contribution is 0.0671. The molecular weight excluding hydrogens is 204 g/mol. The van der Waals surface area contributed by atoms with Crippen LogP contribution >= 0.6 is 0 Å². The summed E-state index contributed by atoms with van der Waals surface area (Å²) in [4.78, 5) is 13.9. The summed E-state index contributed by atoms with van der Waals surface area (Å²) in [7, 11) is 0. The van der Waals surface area contributed by atoms with E-state index < -0.39 is 0 Å². The molecule has 0 aliphatic heterocycles. The molecule has 0 aromatic carbocycles. The van der Waals surface area contributed by atoms with Gasteiger partial charge in [0.2, 0.25) is 0 Å². The predicted octanol–water partition coefficient (Wildman–Crippen LogP) is 2.00. The van der Waals surface area contributed by atoms with Crippen LogP contribution in [0.5, 0.6) is 0 Å². The van der Waals surface area contributed by atoms with E-state index in [4.69, 9.17) is 10.2 Å². The molecule has 0 unspecified atom stereocenters. The molecule has 1 heterocycles. The second-order valence-corrected chi connectivity index (χ2v) is 4.06. The Bertz CT molecular complexity index is 345. The fourth-order valence-corrected chi connectivity index (χ4v) is 1.58. The lowest BCUT2D eigenvalue weighted by Crippen LogP contribution is -2.37. The molecule has 0 radical (unpaired) electrons. The molecule has 0 aliphatic rings. The van der Waals surface area contributed by atoms with Gasteiger partial charge in [-0.25, -0.2) is 0 Å². The summed E-state index contributed by atoms with van der Waals surface area (Å²) in [6.07, 6.45) is 0.939. The topological polar surface area (TPSA) is 59.5 Å². The molecule has 0 aliphatic carbocycles. The highest BCUT2D eigenvalue weighted by Gasteiger charge is 2.20. The highest BCUT2D eigenvalue weighted by atomic mass is 16.4. The van der Waals surface area contributed by atoms with Gasteiger partial charge in [-0.15, -0.1) is 0 Å². The van der Waals surface area contributed by atoms with Crippen molar-refractivity contribution in [1.82, 2.24) is 4.90 Å². The van der Waals surface area contributed by atoms with Crippen molar-refractivity contribution in [2.75, 3.05) is 6.54 Å². The average molecular weight is 224 g/mol. The van der Waals surface area contributed by atoms with Crippen LogP contribution in [-0.2, 0) is 6.54 Å². The first kappa shape index (κ1) is 12.8. The van der Waals surface area contributed by atoms with Crippen LogP contribution in [0.1, 0.15) is 43.5 Å². The summed E-state index contributed by atoms with van der Waals surface area (Å²) < 4.78 is 5.36. The monoisotopic (exact) mass is 224 g/mol. The summed E-state index contributed by atoms with van der Waals surface area (Å²) in [6.45, 7) is 7.12. The van der Waals surface area contributed by atoms with E-state index in [1.165, 1.54) is 0 Å². The van der Waals surface area contributed by atoms with Crippen LogP contribution < -0.4 is 5.73 Å². The molecular formula is C12H20N2O2. The third-order valence-electron chi connectivity index (χ3n) is 2.42. The average Bonchev–Trinajstić information content (AvgIpc) is 2.73. The minimum Gasteiger partial charge on any atom is -0.455 e. The van der Waals surface area contributed by atoms with Crippen molar-refractivity contribution in [1.29, 1.82) is 0 Å². The van der Waals surface area contributed by atoms with Crippen LogP contribution in [0.4, 0.5) is 0 Å². The van der Waals surface area contributed by atoms with Crippen molar-refractivity contribution in [3.8, 4) is 0 Å². The van der Waals surface area contributed by atoms with Crippen LogP contribution in [0.15, 0.2) is 16.5 Å². The van der Waals surface area contributed by atoms with Crippen molar-refractivity contribution in [3.63, 3.8) is 0 Å². The van der Waals surface area contributed by atoms with Crippen molar-refractivity contribution in [3.05, 3.63) is 23.7 Å². The van der Waals surface area contributed by atoms with Gasteiger partial charge in [0.1, 0.15) is 5.76 Å². The normalized spacial score (nSPS) is 10.8. The molecule has 1 amide bonds. The largest absolute Gasteiger partial charge is 0.455 e. The van der Waals surface area contributed by atoms with Gasteiger partial charge in [-0.1, -0.05) is 6.92 Å². The van der Waals surface area contributed by atoms with Gasteiger partial charge in [0.15, 0.2) is 5.76 Å². The summed E-state index contributed by atoms with van der Waals surface area (Å²) in [6, 6.07) is 3.62. The zero-order chi connectivity index (χ0) is 12.1. The zero-order valence-electron chi connectivity index (χ0n) is 10.2. The second kappa shape index (κ2) is 5.70. The highest BCUT2D eigenvalue weighted by Crippen LogP contribution is 2.12. The molecule has 16 heavy (non-hydrogen) atoms. The fourth-order valence-electron chi connectivity index (χ4n) is 1.58. The summed E-state index contributed by atoms with van der Waals surface area (Å²) in [5.74, 6) is 0.961. The van der Waals surface area contributed by atoms with Crippen molar-refractivity contribution >= 4 is 5.91 Å². The predicted molar refractivity (Wildman–Crippen MR) is 63.1 cm³/mol. The maximum Gasteiger partial charge on any atom is 0.289 e. The molecule has 4 nitrogen and oxygen atoms in total. The fraction of sp³-hybridized carbons (Fsp3) is 0.583. The third kappa shape index (κ3) is 2.85. The molecule has 1 rings (SSSR count). The van der Waals surface area contributed by atoms with Gasteiger partial charge in [-0.3, -0.25) is 4.79 Å². The van der Waals surface area contributed by atoms with Gasteiger partial charge in [-0.2, -0.15) is 0 Å². The van der Waals surface area contributed by atoms with E-state index in [-0.39, 0.29) is 11.9 Å². The first-order valence-corrected chi connectivity index (χ1v) is 5.69. The van der Waals surface area contributed by atoms with Gasteiger partial charge < -0.3 is 15.1 Å². The number of hydrogen-bond acceptors (Lipinski definition) is 3. The molecule has 0 saturated carbocycles. The Kier molecular flexibility index (Phi) is 4.55. The Labute approximate surface area is 96.4 Å². The van der Waals surface area contributed by atoms with Gasteiger partial charge in [0, 0.05) is 12.6 Å². The molecule has 0 fully saturated rings. The number of nitrogens with zero attached hydrogens (tertiary/aromatic N) is 1. The Morgan fingerprint density at radius 3 is 2.62 bits per heavy atom. The SMILES string of the molecule is CCCN(C(=O)c1ccc(CN)o1)C(C)C. The van der Waals surface area contributed by atoms with E-state index in [1.54, 1.807) is 17.0 Å². The molecule has 1 aromatic rings. The van der Waals surface area contributed by atoms with Crippen LogP contribution in [-0.4, -0.2) is 23.4 Å². The van der Waals surface area contributed by atoms with E-state index >= 15 is 0 Å². The molecule has 0 saturated heterocycles. The van der Waals surface area contributed by atoms with Crippen molar-refractivity contribution in [2.45, 2.75) is 39.8 Å². The smallest absolute Gasteiger partial charge is 0.289 e. The van der Waals surface area contributed by atoms with E-state index in [0.717, 1.165) is 13.0 Å². The maximum absolute atomic E-state index is 12.1. The summed E-state index contributed by atoms with van der Waals surface area (Å²) in [5.41, 5.74) is 5.44. The molecule has 2 N–H and O–H groups in total. The number of furan rings is 1. The number of carbonyl (C=O) groups is 1. The third-order valence-corrected chi connectivity index (χ3v) is 2.42. The molecule has 0 bridgehead atoms. The van der Waals surface area contributed by atoms with Crippen LogP contribution in [0.3, 0.4) is 0 Å². The minimum atomic E-state index is -0.0587. The molecule has 90 valence electrons. The van der Waals surface area contributed by atoms with E-state index in [2.05, 4.69) is 6.92 Å². The van der Waals surface area contributed by atoms with Crippen LogP contribution in [0.2, 0.25) is 0 Å². The first-order chi connectivity index (χ1) is 7.60. The van der Waals surface area contributed by atoms with Crippen LogP contribution in [0, 0.1) is 0 Å². The van der Waals surface area contributed by atoms with Crippen molar-refractivity contribution < 1.29 is 9.21 Å². The molecule has 0 atom stereocenters. The molecule has 4 heteroatoms. The number of amides is 1. The van der Waals surface area contributed by atoms with E-state index in [9.17, 15) is 4.79 Å². The quantitative estimate of drug-likeness (QED) is 0.832. The highest BCUT2D eigenvalue weighted by molar-refractivity contribution is 5.91. The van der Waals surface area contributed by atoms with Gasteiger partial charge >= 0.3 is 0 Å². The lowest BCUT2D eigenvalue weighted by atomic mass is 10.2. The number of carbonyl (C=O) groups excluding carboxylic acids is 1. The number of rotatable bonds is 5. The van der Waals surface area contributed by atoms with Gasteiger partial charge in [0.25, 0.3) is 5.91 Å². The standard InChI is InChI=1S/C12H20N2O2/c1-4-7-14(9(2)3)12(15)11-6-5-10(8-13)16-11/h5-6,9H,4,7-8,13H2,1-3H3. The van der Waals surface area contributed by atoms with Gasteiger partial charge in [0.05, 0.1) is 6.54 Å². The Hall–Kier alpha value is -1.29. The summed E-state index contributed by atoms with van der Waals surface area (Å²) in [5, 5.41) is 0. The van der Waals surface area contributed by atoms with E-state index in [0.29, 0.717) is 18.1 Å². The maximum atomic E-state index is 12.1. The molecule has 1 aromatic heterocycles. The zero-order valence-corrected chi connectivity index (χ0v) is 10.2. The Balaban J connectivity index is 2.81. The van der Waals surface area contributed by atoms with Crippen molar-refractivity contribution in [2.24, 2.45) is 5.73 Å². The minimum absolute atomic E-state index is 0.0587. The van der Waals surface area contributed by atoms with Crippen LogP contribution in [0.25, 0.3) is 0 Å². The Morgan fingerprint density at radius 2 is 2.19 bits per heavy atom.